The quantitative estimate of drug-likeness (QED) is 0.0718. The van der Waals surface area contributed by atoms with Crippen molar-refractivity contribution < 1.29 is 94.5 Å². The second-order valence-electron chi connectivity index (χ2n) is 23.3. The van der Waals surface area contributed by atoms with Crippen LogP contribution in [0.1, 0.15) is 106 Å². The molecule has 0 spiro atoms. The SMILES string of the molecule is CC1(C)CC[C@]2(C(=O)O[C@@H]3O[C@H](CO[C@@H]4O[C@H](CO)[C@@H](O)[C@H](O)[C@H]4O)[C@@H](O)[C@H](O)[C@H]3O)CC[C@]3(C)C(=CCC4[C@@]5(C)CC[C@H](O[C@@H]6O[C@H](CO)[C@@H](O)[C@H](O)[C@H]6O)[C@@](C)(CO)C5CC[C@]43C)C2C1. The van der Waals surface area contributed by atoms with E-state index in [1.54, 1.807) is 0 Å². The van der Waals surface area contributed by atoms with Gasteiger partial charge in [-0.15, -0.1) is 0 Å². The minimum atomic E-state index is -1.82. The molecule has 0 radical (unpaired) electrons. The highest BCUT2D eigenvalue weighted by Crippen LogP contribution is 2.76. The molecule has 3 heterocycles. The molecule has 12 N–H and O–H groups in total. The molecule has 67 heavy (non-hydrogen) atoms. The third-order valence-electron chi connectivity index (χ3n) is 19.4. The van der Waals surface area contributed by atoms with Crippen LogP contribution in [0.5, 0.6) is 0 Å². The lowest BCUT2D eigenvalue weighted by molar-refractivity contribution is -0.333. The lowest BCUT2D eigenvalue weighted by Gasteiger charge is -2.71. The summed E-state index contributed by atoms with van der Waals surface area (Å²) in [6.45, 7) is 11.5. The molecule has 7 fully saturated rings. The maximum absolute atomic E-state index is 15.0. The van der Waals surface area contributed by atoms with Gasteiger partial charge < -0.3 is 89.7 Å². The third kappa shape index (κ3) is 8.19. The van der Waals surface area contributed by atoms with Gasteiger partial charge in [-0.1, -0.05) is 53.2 Å². The molecule has 384 valence electrons. The number of aliphatic hydroxyl groups excluding tert-OH is 12. The Hall–Kier alpha value is -1.47. The summed E-state index contributed by atoms with van der Waals surface area (Å²) in [5.41, 5.74) is -1.47. The molecule has 0 bridgehead atoms. The number of hydrogen-bond acceptors (Lipinski definition) is 19. The molecule has 3 saturated heterocycles. The largest absolute Gasteiger partial charge is 0.432 e. The Bertz CT molecular complexity index is 1810. The van der Waals surface area contributed by atoms with Gasteiger partial charge in [-0.2, -0.15) is 0 Å². The topological polar surface area (TPSA) is 315 Å². The van der Waals surface area contributed by atoms with Crippen LogP contribution in [0.3, 0.4) is 0 Å². The average Bonchev–Trinajstić information content (AvgIpc) is 3.29. The van der Waals surface area contributed by atoms with Crippen LogP contribution in [-0.2, 0) is 33.2 Å². The number of rotatable bonds is 10. The van der Waals surface area contributed by atoms with Crippen molar-refractivity contribution in [2.45, 2.75) is 204 Å². The van der Waals surface area contributed by atoms with E-state index in [4.69, 9.17) is 28.4 Å². The van der Waals surface area contributed by atoms with Gasteiger partial charge in [0.05, 0.1) is 37.9 Å². The molecule has 5 aliphatic carbocycles. The van der Waals surface area contributed by atoms with Crippen molar-refractivity contribution in [1.82, 2.24) is 0 Å². The van der Waals surface area contributed by atoms with E-state index in [-0.39, 0.29) is 46.0 Å². The summed E-state index contributed by atoms with van der Waals surface area (Å²) < 4.78 is 35.3. The fourth-order valence-corrected chi connectivity index (χ4v) is 15.0. The van der Waals surface area contributed by atoms with Gasteiger partial charge in [0.2, 0.25) is 6.29 Å². The predicted molar refractivity (Wildman–Crippen MR) is 232 cm³/mol. The van der Waals surface area contributed by atoms with Gasteiger partial charge in [0.25, 0.3) is 0 Å². The summed E-state index contributed by atoms with van der Waals surface area (Å²) in [4.78, 5) is 15.0. The number of carbonyl (C=O) groups is 1. The van der Waals surface area contributed by atoms with Crippen molar-refractivity contribution in [2.24, 2.45) is 50.2 Å². The Morgan fingerprint density at radius 2 is 1.18 bits per heavy atom. The van der Waals surface area contributed by atoms with Crippen LogP contribution in [-0.4, -0.2) is 192 Å². The summed E-state index contributed by atoms with van der Waals surface area (Å²) in [5, 5.41) is 126. The van der Waals surface area contributed by atoms with Crippen LogP contribution in [0.2, 0.25) is 0 Å². The minimum Gasteiger partial charge on any atom is -0.432 e. The number of allylic oxidation sites excluding steroid dienone is 2. The van der Waals surface area contributed by atoms with Gasteiger partial charge in [-0.3, -0.25) is 4.79 Å². The summed E-state index contributed by atoms with van der Waals surface area (Å²) in [5.74, 6) is -0.614. The predicted octanol–water partition coefficient (Wildman–Crippen LogP) is -0.887. The van der Waals surface area contributed by atoms with E-state index < -0.39 is 135 Å². The van der Waals surface area contributed by atoms with E-state index in [1.807, 2.05) is 6.92 Å². The van der Waals surface area contributed by atoms with Crippen LogP contribution in [0.4, 0.5) is 0 Å². The summed E-state index contributed by atoms with van der Waals surface area (Å²) in [7, 11) is 0. The van der Waals surface area contributed by atoms with E-state index in [0.29, 0.717) is 32.1 Å². The van der Waals surface area contributed by atoms with E-state index in [9.17, 15) is 66.1 Å². The van der Waals surface area contributed by atoms with E-state index in [0.717, 1.165) is 32.1 Å². The fourth-order valence-electron chi connectivity index (χ4n) is 15.0. The number of hydrogen-bond donors (Lipinski definition) is 12. The highest BCUT2D eigenvalue weighted by Gasteiger charge is 2.70. The lowest BCUT2D eigenvalue weighted by atomic mass is 9.33. The Kier molecular flexibility index (Phi) is 14.4. The van der Waals surface area contributed by atoms with Gasteiger partial charge in [0.1, 0.15) is 73.2 Å². The van der Waals surface area contributed by atoms with Gasteiger partial charge in [0.15, 0.2) is 12.6 Å². The molecule has 0 amide bonds. The van der Waals surface area contributed by atoms with Gasteiger partial charge in [0, 0.05) is 5.41 Å². The summed E-state index contributed by atoms with van der Waals surface area (Å²) in [6, 6.07) is 0. The second kappa shape index (κ2) is 18.5. The number of fused-ring (bicyclic) bond motifs is 7. The number of ether oxygens (including phenoxy) is 6. The molecule has 0 aromatic carbocycles. The van der Waals surface area contributed by atoms with Crippen LogP contribution >= 0.6 is 0 Å². The number of aliphatic hydroxyl groups is 12. The molecule has 19 nitrogen and oxygen atoms in total. The monoisotopic (exact) mass is 959 g/mol. The van der Waals surface area contributed by atoms with Crippen LogP contribution < -0.4 is 0 Å². The first-order valence-corrected chi connectivity index (χ1v) is 24.5. The van der Waals surface area contributed by atoms with Gasteiger partial charge in [-0.25, -0.2) is 0 Å². The van der Waals surface area contributed by atoms with Crippen LogP contribution in [0.25, 0.3) is 0 Å². The van der Waals surface area contributed by atoms with Crippen molar-refractivity contribution in [3.63, 3.8) is 0 Å². The van der Waals surface area contributed by atoms with Crippen molar-refractivity contribution >= 4 is 5.97 Å². The van der Waals surface area contributed by atoms with Crippen molar-refractivity contribution in [3.8, 4) is 0 Å². The molecule has 24 atom stereocenters. The highest BCUT2D eigenvalue weighted by molar-refractivity contribution is 5.79. The molecular formula is C48H78O19. The summed E-state index contributed by atoms with van der Waals surface area (Å²) >= 11 is 0. The summed E-state index contributed by atoms with van der Waals surface area (Å²) in [6.07, 6.45) is -14.9. The molecule has 0 aromatic heterocycles. The first-order valence-electron chi connectivity index (χ1n) is 24.5. The zero-order valence-corrected chi connectivity index (χ0v) is 39.7. The second-order valence-corrected chi connectivity index (χ2v) is 23.3. The molecular weight excluding hydrogens is 881 g/mol. The van der Waals surface area contributed by atoms with Crippen molar-refractivity contribution in [1.29, 1.82) is 0 Å². The Balaban J connectivity index is 1.02. The first-order chi connectivity index (χ1) is 31.4. The molecule has 19 heteroatoms. The molecule has 3 aliphatic heterocycles. The third-order valence-corrected chi connectivity index (χ3v) is 19.4. The zero-order valence-electron chi connectivity index (χ0n) is 39.7. The molecule has 8 aliphatic rings. The molecule has 4 saturated carbocycles. The Morgan fingerprint density at radius 1 is 0.627 bits per heavy atom. The zero-order chi connectivity index (χ0) is 49.0. The Morgan fingerprint density at radius 3 is 1.79 bits per heavy atom. The number of esters is 1. The molecule has 3 unspecified atom stereocenters. The normalized spacial score (nSPS) is 54.1. The first kappa shape index (κ1) is 51.9. The van der Waals surface area contributed by atoms with Crippen molar-refractivity contribution in [2.75, 3.05) is 26.4 Å². The van der Waals surface area contributed by atoms with Gasteiger partial charge in [-0.05, 0) is 104 Å². The lowest BCUT2D eigenvalue weighted by Crippen LogP contribution is -2.67. The minimum absolute atomic E-state index is 0.00115. The van der Waals surface area contributed by atoms with E-state index >= 15 is 0 Å². The van der Waals surface area contributed by atoms with E-state index in [2.05, 4.69) is 40.7 Å². The molecule has 0 aromatic rings. The smallest absolute Gasteiger partial charge is 0.315 e. The fraction of sp³-hybridized carbons (Fsp3) is 0.938. The van der Waals surface area contributed by atoms with Crippen LogP contribution in [0.15, 0.2) is 11.6 Å². The van der Waals surface area contributed by atoms with Gasteiger partial charge >= 0.3 is 5.97 Å². The highest BCUT2D eigenvalue weighted by atomic mass is 16.7. The average molecular weight is 959 g/mol. The van der Waals surface area contributed by atoms with Crippen molar-refractivity contribution in [3.05, 3.63) is 11.6 Å². The maximum Gasteiger partial charge on any atom is 0.315 e. The van der Waals surface area contributed by atoms with E-state index in [1.165, 1.54) is 5.57 Å². The number of carbonyl (C=O) groups excluding carboxylic acids is 1. The Labute approximate surface area is 392 Å². The maximum atomic E-state index is 15.0. The standard InChI is InChI=1S/C48H78O19/c1-43(2)13-15-48(42(61)67-41-38(60)35(57)32(54)26(65-41)20-62-39-36(58)33(55)30(52)24(18-49)63-39)16-14-46(5)22(23(48)17-43)7-8-28-44(3)11-10-29(45(4,21-51)27(44)9-12-47(28,46)6)66-40-37(59)34(56)31(53)25(19-50)64-40/h7,23-41,49-60H,8-21H2,1-6H3/t23?,24-,25-,26-,27?,28?,29+,30-,31-,32-,33+,34+,35+,36-,37-,38-,39-,40+,41+,44+,45+,46-,47-,48+/m1/s1. The molecule has 8 rings (SSSR count). The van der Waals surface area contributed by atoms with Crippen LogP contribution in [0, 0.1) is 50.2 Å².